The highest BCUT2D eigenvalue weighted by Crippen LogP contribution is 2.12. The summed E-state index contributed by atoms with van der Waals surface area (Å²) in [6, 6.07) is 7.31. The molecule has 0 heterocycles. The Balaban J connectivity index is 2.19. The van der Waals surface area contributed by atoms with E-state index in [4.69, 9.17) is 22.1 Å². The fourth-order valence-corrected chi connectivity index (χ4v) is 1.67. The molecule has 0 saturated heterocycles. The second-order valence-corrected chi connectivity index (χ2v) is 4.33. The van der Waals surface area contributed by atoms with E-state index < -0.39 is 0 Å². The summed E-state index contributed by atoms with van der Waals surface area (Å²) in [5.74, 6) is -0.165. The standard InChI is InChI=1S/C13H18ClNO2/c14-12-6-4-5-11(9-12)10-17-13(16)7-2-1-3-8-15/h4-6,9H,1-3,7-8,10,15H2. The normalized spacial score (nSPS) is 10.2. The first-order valence-electron chi connectivity index (χ1n) is 5.82. The number of carbonyl (C=O) groups excluding carboxylic acids is 1. The Kier molecular flexibility index (Phi) is 6.67. The number of esters is 1. The Bertz CT molecular complexity index is 355. The minimum absolute atomic E-state index is 0.165. The lowest BCUT2D eigenvalue weighted by atomic mass is 10.2. The van der Waals surface area contributed by atoms with E-state index in [0.29, 0.717) is 18.0 Å². The Morgan fingerprint density at radius 3 is 2.82 bits per heavy atom. The topological polar surface area (TPSA) is 52.3 Å². The zero-order chi connectivity index (χ0) is 12.5. The molecule has 0 spiro atoms. The van der Waals surface area contributed by atoms with Gasteiger partial charge < -0.3 is 10.5 Å². The third-order valence-corrected chi connectivity index (χ3v) is 2.61. The van der Waals surface area contributed by atoms with E-state index in [1.807, 2.05) is 12.1 Å². The van der Waals surface area contributed by atoms with E-state index in [-0.39, 0.29) is 12.6 Å². The zero-order valence-corrected chi connectivity index (χ0v) is 10.6. The number of unbranched alkanes of at least 4 members (excludes halogenated alkanes) is 2. The molecule has 1 rings (SSSR count). The van der Waals surface area contributed by atoms with Gasteiger partial charge in [0.15, 0.2) is 0 Å². The number of ether oxygens (including phenoxy) is 1. The maximum absolute atomic E-state index is 11.4. The lowest BCUT2D eigenvalue weighted by Gasteiger charge is -2.05. The highest BCUT2D eigenvalue weighted by Gasteiger charge is 2.03. The molecule has 3 nitrogen and oxygen atoms in total. The molecule has 0 aliphatic carbocycles. The molecular weight excluding hydrogens is 238 g/mol. The molecule has 0 saturated carbocycles. The van der Waals surface area contributed by atoms with Gasteiger partial charge in [-0.3, -0.25) is 4.79 Å². The largest absolute Gasteiger partial charge is 0.461 e. The molecular formula is C13H18ClNO2. The summed E-state index contributed by atoms with van der Waals surface area (Å²) in [5.41, 5.74) is 6.28. The SMILES string of the molecule is NCCCCCC(=O)OCc1cccc(Cl)c1. The molecule has 0 aliphatic heterocycles. The highest BCUT2D eigenvalue weighted by molar-refractivity contribution is 6.30. The number of hydrogen-bond acceptors (Lipinski definition) is 3. The number of halogens is 1. The van der Waals surface area contributed by atoms with Crippen LogP contribution in [0, 0.1) is 0 Å². The van der Waals surface area contributed by atoms with Gasteiger partial charge in [0.05, 0.1) is 0 Å². The minimum atomic E-state index is -0.165. The molecule has 0 bridgehead atoms. The van der Waals surface area contributed by atoms with Crippen LogP contribution in [0.25, 0.3) is 0 Å². The monoisotopic (exact) mass is 255 g/mol. The molecule has 0 aromatic heterocycles. The summed E-state index contributed by atoms with van der Waals surface area (Å²) >= 11 is 5.83. The summed E-state index contributed by atoms with van der Waals surface area (Å²) in [5, 5.41) is 0.654. The number of rotatable bonds is 7. The molecule has 0 atom stereocenters. The second-order valence-electron chi connectivity index (χ2n) is 3.89. The Morgan fingerprint density at radius 2 is 2.12 bits per heavy atom. The minimum Gasteiger partial charge on any atom is -0.461 e. The summed E-state index contributed by atoms with van der Waals surface area (Å²) in [4.78, 5) is 11.4. The van der Waals surface area contributed by atoms with Crippen molar-refractivity contribution >= 4 is 17.6 Å². The number of nitrogens with two attached hydrogens (primary N) is 1. The van der Waals surface area contributed by atoms with Crippen LogP contribution in [0.5, 0.6) is 0 Å². The van der Waals surface area contributed by atoms with Crippen molar-refractivity contribution < 1.29 is 9.53 Å². The van der Waals surface area contributed by atoms with Gasteiger partial charge in [0.1, 0.15) is 6.61 Å². The van der Waals surface area contributed by atoms with E-state index in [9.17, 15) is 4.79 Å². The van der Waals surface area contributed by atoms with Crippen LogP contribution in [0.1, 0.15) is 31.2 Å². The van der Waals surface area contributed by atoms with Crippen molar-refractivity contribution in [3.05, 3.63) is 34.9 Å². The number of hydrogen-bond donors (Lipinski definition) is 1. The predicted octanol–water partition coefficient (Wildman–Crippen LogP) is 2.90. The van der Waals surface area contributed by atoms with Crippen LogP contribution in [0.3, 0.4) is 0 Å². The lowest BCUT2D eigenvalue weighted by molar-refractivity contribution is -0.145. The van der Waals surface area contributed by atoms with E-state index in [0.717, 1.165) is 24.8 Å². The van der Waals surface area contributed by atoms with Crippen LogP contribution in [-0.2, 0) is 16.1 Å². The first-order chi connectivity index (χ1) is 8.22. The molecule has 0 fully saturated rings. The van der Waals surface area contributed by atoms with Gasteiger partial charge in [-0.25, -0.2) is 0 Å². The van der Waals surface area contributed by atoms with Crippen LogP contribution in [0.2, 0.25) is 5.02 Å². The van der Waals surface area contributed by atoms with Crippen molar-refractivity contribution in [2.24, 2.45) is 5.73 Å². The van der Waals surface area contributed by atoms with E-state index in [2.05, 4.69) is 0 Å². The molecule has 94 valence electrons. The van der Waals surface area contributed by atoms with Crippen LogP contribution < -0.4 is 5.73 Å². The average molecular weight is 256 g/mol. The molecule has 0 amide bonds. The van der Waals surface area contributed by atoms with Gasteiger partial charge in [0.25, 0.3) is 0 Å². The summed E-state index contributed by atoms with van der Waals surface area (Å²) in [7, 11) is 0. The lowest BCUT2D eigenvalue weighted by Crippen LogP contribution is -2.05. The smallest absolute Gasteiger partial charge is 0.306 e. The third kappa shape index (κ3) is 6.29. The van der Waals surface area contributed by atoms with E-state index in [1.54, 1.807) is 12.1 Å². The molecule has 1 aromatic rings. The van der Waals surface area contributed by atoms with Crippen molar-refractivity contribution in [1.29, 1.82) is 0 Å². The van der Waals surface area contributed by atoms with Gasteiger partial charge in [0, 0.05) is 11.4 Å². The van der Waals surface area contributed by atoms with Crippen molar-refractivity contribution in [2.75, 3.05) is 6.54 Å². The molecule has 2 N–H and O–H groups in total. The first-order valence-corrected chi connectivity index (χ1v) is 6.20. The number of benzene rings is 1. The van der Waals surface area contributed by atoms with Crippen molar-refractivity contribution in [3.8, 4) is 0 Å². The van der Waals surface area contributed by atoms with Gasteiger partial charge in [-0.05, 0) is 37.1 Å². The third-order valence-electron chi connectivity index (χ3n) is 2.37. The van der Waals surface area contributed by atoms with Gasteiger partial charge >= 0.3 is 5.97 Å². The van der Waals surface area contributed by atoms with Crippen LogP contribution in [0.4, 0.5) is 0 Å². The summed E-state index contributed by atoms with van der Waals surface area (Å²) in [6.45, 7) is 0.966. The second kappa shape index (κ2) is 8.09. The fourth-order valence-electron chi connectivity index (χ4n) is 1.45. The molecule has 0 radical (unpaired) electrons. The first kappa shape index (κ1) is 14.0. The molecule has 1 aromatic carbocycles. The maximum Gasteiger partial charge on any atom is 0.306 e. The molecule has 0 aliphatic rings. The Labute approximate surface area is 107 Å². The van der Waals surface area contributed by atoms with Crippen LogP contribution in [0.15, 0.2) is 24.3 Å². The quantitative estimate of drug-likeness (QED) is 0.602. The van der Waals surface area contributed by atoms with E-state index >= 15 is 0 Å². The van der Waals surface area contributed by atoms with Crippen molar-refractivity contribution in [3.63, 3.8) is 0 Å². The molecule has 0 unspecified atom stereocenters. The van der Waals surface area contributed by atoms with Crippen molar-refractivity contribution in [1.82, 2.24) is 0 Å². The predicted molar refractivity (Wildman–Crippen MR) is 68.8 cm³/mol. The average Bonchev–Trinajstić information content (AvgIpc) is 2.32. The molecule has 17 heavy (non-hydrogen) atoms. The Morgan fingerprint density at radius 1 is 1.29 bits per heavy atom. The Hall–Kier alpha value is -1.06. The van der Waals surface area contributed by atoms with Gasteiger partial charge in [0.2, 0.25) is 0 Å². The summed E-state index contributed by atoms with van der Waals surface area (Å²) < 4.78 is 5.13. The molecule has 4 heteroatoms. The van der Waals surface area contributed by atoms with Gasteiger partial charge in [-0.1, -0.05) is 30.2 Å². The number of carbonyl (C=O) groups is 1. The van der Waals surface area contributed by atoms with Crippen LogP contribution in [-0.4, -0.2) is 12.5 Å². The van der Waals surface area contributed by atoms with Crippen LogP contribution >= 0.6 is 11.6 Å². The maximum atomic E-state index is 11.4. The highest BCUT2D eigenvalue weighted by atomic mass is 35.5. The zero-order valence-electron chi connectivity index (χ0n) is 9.82. The van der Waals surface area contributed by atoms with Crippen molar-refractivity contribution in [2.45, 2.75) is 32.3 Å². The van der Waals surface area contributed by atoms with Gasteiger partial charge in [-0.15, -0.1) is 0 Å². The fraction of sp³-hybridized carbons (Fsp3) is 0.462. The van der Waals surface area contributed by atoms with E-state index in [1.165, 1.54) is 0 Å². The summed E-state index contributed by atoms with van der Waals surface area (Å²) in [6.07, 6.45) is 3.23. The van der Waals surface area contributed by atoms with Gasteiger partial charge in [-0.2, -0.15) is 0 Å².